The molecule has 0 aliphatic rings. The predicted molar refractivity (Wildman–Crippen MR) is 135 cm³/mol. The summed E-state index contributed by atoms with van der Waals surface area (Å²) in [7, 11) is 1.76. The molecule has 0 bridgehead atoms. The fourth-order valence-electron chi connectivity index (χ4n) is 3.87. The molecule has 4 heteroatoms. The number of anilines is 2. The number of para-hydroxylation sites is 1. The van der Waals surface area contributed by atoms with Gasteiger partial charge in [0.05, 0.1) is 0 Å². The lowest BCUT2D eigenvalue weighted by molar-refractivity contribution is -0.116. The Morgan fingerprint density at radius 3 is 1.97 bits per heavy atom. The fourth-order valence-corrected chi connectivity index (χ4v) is 3.87. The van der Waals surface area contributed by atoms with Gasteiger partial charge in [0.2, 0.25) is 5.91 Å². The predicted octanol–water partition coefficient (Wildman–Crippen LogP) is 7.60. The zero-order valence-electron chi connectivity index (χ0n) is 19.9. The Labute approximate surface area is 194 Å². The Balaban J connectivity index is 1.65. The maximum absolute atomic E-state index is 12.8. The average Bonchev–Trinajstić information content (AvgIpc) is 2.82. The topological polar surface area (TPSA) is 49.4 Å². The van der Waals surface area contributed by atoms with Crippen molar-refractivity contribution in [2.75, 3.05) is 17.3 Å². The molecule has 1 N–H and O–H groups in total. The van der Waals surface area contributed by atoms with E-state index in [0.717, 1.165) is 18.5 Å². The average molecular weight is 437 g/mol. The minimum absolute atomic E-state index is 0.0157. The lowest BCUT2D eigenvalue weighted by Gasteiger charge is -2.17. The van der Waals surface area contributed by atoms with E-state index in [4.69, 9.17) is 0 Å². The Hall–Kier alpha value is -2.62. The van der Waals surface area contributed by atoms with Gasteiger partial charge in [-0.25, -0.2) is 0 Å². The molecule has 0 saturated carbocycles. The summed E-state index contributed by atoms with van der Waals surface area (Å²) < 4.78 is 0. The molecule has 2 amide bonds. The number of hydrogen-bond donors (Lipinski definition) is 1. The van der Waals surface area contributed by atoms with Gasteiger partial charge < -0.3 is 10.2 Å². The number of benzene rings is 2. The second-order valence-electron chi connectivity index (χ2n) is 8.61. The van der Waals surface area contributed by atoms with Crippen molar-refractivity contribution in [1.82, 2.24) is 0 Å². The van der Waals surface area contributed by atoms with E-state index in [2.05, 4.69) is 12.2 Å². The van der Waals surface area contributed by atoms with Gasteiger partial charge in [-0.3, -0.25) is 9.59 Å². The van der Waals surface area contributed by atoms with Crippen LogP contribution in [0.5, 0.6) is 0 Å². The highest BCUT2D eigenvalue weighted by molar-refractivity contribution is 6.06. The van der Waals surface area contributed by atoms with E-state index in [1.54, 1.807) is 24.1 Å². The summed E-state index contributed by atoms with van der Waals surface area (Å²) >= 11 is 0. The van der Waals surface area contributed by atoms with Gasteiger partial charge in [-0.2, -0.15) is 0 Å². The van der Waals surface area contributed by atoms with Crippen molar-refractivity contribution in [3.8, 4) is 0 Å². The van der Waals surface area contributed by atoms with E-state index < -0.39 is 0 Å². The number of carbonyl (C=O) groups is 2. The number of amides is 2. The fraction of sp³-hybridized carbons (Fsp3) is 0.500. The Bertz CT molecular complexity index is 804. The van der Waals surface area contributed by atoms with Crippen LogP contribution >= 0.6 is 0 Å². The maximum Gasteiger partial charge on any atom is 0.258 e. The van der Waals surface area contributed by atoms with Crippen molar-refractivity contribution in [1.29, 1.82) is 0 Å². The van der Waals surface area contributed by atoms with Gasteiger partial charge in [0, 0.05) is 30.4 Å². The van der Waals surface area contributed by atoms with Crippen LogP contribution in [-0.2, 0) is 4.79 Å². The molecule has 0 aliphatic carbocycles. The minimum atomic E-state index is -0.0994. The molecule has 0 heterocycles. The van der Waals surface area contributed by atoms with Crippen LogP contribution in [0.25, 0.3) is 0 Å². The highest BCUT2D eigenvalue weighted by Gasteiger charge is 2.14. The number of carbonyl (C=O) groups excluding carboxylic acids is 2. The summed E-state index contributed by atoms with van der Waals surface area (Å²) in [6, 6.07) is 16.7. The Morgan fingerprint density at radius 1 is 0.750 bits per heavy atom. The van der Waals surface area contributed by atoms with E-state index in [-0.39, 0.29) is 11.8 Å². The lowest BCUT2D eigenvalue weighted by Crippen LogP contribution is -2.26. The van der Waals surface area contributed by atoms with Crippen molar-refractivity contribution in [2.24, 2.45) is 0 Å². The van der Waals surface area contributed by atoms with Gasteiger partial charge in [-0.15, -0.1) is 0 Å². The second-order valence-corrected chi connectivity index (χ2v) is 8.61. The first kappa shape index (κ1) is 25.6. The van der Waals surface area contributed by atoms with Gasteiger partial charge in [0.25, 0.3) is 5.91 Å². The van der Waals surface area contributed by atoms with E-state index in [1.165, 1.54) is 57.8 Å². The summed E-state index contributed by atoms with van der Waals surface area (Å²) in [6.45, 7) is 2.25. The van der Waals surface area contributed by atoms with Crippen molar-refractivity contribution in [3.05, 3.63) is 60.2 Å². The van der Waals surface area contributed by atoms with Crippen LogP contribution in [0.15, 0.2) is 54.6 Å². The van der Waals surface area contributed by atoms with Crippen LogP contribution in [0.2, 0.25) is 0 Å². The largest absolute Gasteiger partial charge is 0.326 e. The minimum Gasteiger partial charge on any atom is -0.326 e. The third-order valence-electron chi connectivity index (χ3n) is 5.85. The third kappa shape index (κ3) is 9.67. The van der Waals surface area contributed by atoms with Gasteiger partial charge in [-0.1, -0.05) is 95.4 Å². The number of hydrogen-bond acceptors (Lipinski definition) is 2. The molecular weight excluding hydrogens is 396 g/mol. The molecule has 0 aromatic heterocycles. The summed E-state index contributed by atoms with van der Waals surface area (Å²) in [4.78, 5) is 26.7. The van der Waals surface area contributed by atoms with E-state index >= 15 is 0 Å². The van der Waals surface area contributed by atoms with Crippen LogP contribution in [0.4, 0.5) is 11.4 Å². The smallest absolute Gasteiger partial charge is 0.258 e. The van der Waals surface area contributed by atoms with Gasteiger partial charge >= 0.3 is 0 Å². The van der Waals surface area contributed by atoms with Crippen LogP contribution in [-0.4, -0.2) is 18.9 Å². The number of nitrogens with one attached hydrogen (secondary N) is 1. The molecule has 174 valence electrons. The summed E-state index contributed by atoms with van der Waals surface area (Å²) in [5.41, 5.74) is 2.07. The highest BCUT2D eigenvalue weighted by atomic mass is 16.2. The molecular formula is C28H40N2O2. The number of nitrogens with zero attached hydrogens (tertiary/aromatic N) is 1. The molecule has 0 radical (unpaired) electrons. The van der Waals surface area contributed by atoms with Crippen LogP contribution in [0.1, 0.15) is 94.3 Å². The summed E-state index contributed by atoms with van der Waals surface area (Å²) in [5, 5.41) is 2.94. The van der Waals surface area contributed by atoms with E-state index in [1.807, 2.05) is 42.5 Å². The molecule has 0 unspecified atom stereocenters. The van der Waals surface area contributed by atoms with Gasteiger partial charge in [0.15, 0.2) is 0 Å². The van der Waals surface area contributed by atoms with Crippen molar-refractivity contribution < 1.29 is 9.59 Å². The molecule has 32 heavy (non-hydrogen) atoms. The molecule has 0 aliphatic heterocycles. The molecule has 0 fully saturated rings. The van der Waals surface area contributed by atoms with E-state index in [9.17, 15) is 9.59 Å². The zero-order chi connectivity index (χ0) is 23.0. The first-order chi connectivity index (χ1) is 15.6. The molecule has 2 aromatic rings. The number of unbranched alkanes of at least 4 members (excludes halogenated alkanes) is 10. The Kier molecular flexibility index (Phi) is 12.2. The van der Waals surface area contributed by atoms with Crippen LogP contribution < -0.4 is 10.2 Å². The molecule has 4 nitrogen and oxygen atoms in total. The molecule has 2 aromatic carbocycles. The molecule has 0 saturated heterocycles. The SMILES string of the molecule is CCCCCCCCCCCCCC(=O)Nc1cccc(C(=O)N(C)c2ccccc2)c1. The second kappa shape index (κ2) is 15.2. The van der Waals surface area contributed by atoms with Crippen molar-refractivity contribution in [2.45, 2.75) is 84.0 Å². The van der Waals surface area contributed by atoms with Crippen LogP contribution in [0, 0.1) is 0 Å². The van der Waals surface area contributed by atoms with E-state index in [0.29, 0.717) is 17.7 Å². The third-order valence-corrected chi connectivity index (χ3v) is 5.85. The van der Waals surface area contributed by atoms with Crippen molar-refractivity contribution in [3.63, 3.8) is 0 Å². The molecule has 0 spiro atoms. The maximum atomic E-state index is 12.8. The first-order valence-electron chi connectivity index (χ1n) is 12.3. The summed E-state index contributed by atoms with van der Waals surface area (Å²) in [6.07, 6.45) is 14.5. The quantitative estimate of drug-likeness (QED) is 0.292. The summed E-state index contributed by atoms with van der Waals surface area (Å²) in [5.74, 6) is -0.0837. The van der Waals surface area contributed by atoms with Gasteiger partial charge in [-0.05, 0) is 36.8 Å². The zero-order valence-corrected chi connectivity index (χ0v) is 19.9. The first-order valence-corrected chi connectivity index (χ1v) is 12.3. The monoisotopic (exact) mass is 436 g/mol. The van der Waals surface area contributed by atoms with Crippen molar-refractivity contribution >= 4 is 23.2 Å². The molecule has 2 rings (SSSR count). The standard InChI is InChI=1S/C28H40N2O2/c1-3-4-5-6-7-8-9-10-11-12-16-22-27(31)29-25-19-17-18-24(23-25)28(32)30(2)26-20-14-13-15-21-26/h13-15,17-21,23H,3-12,16,22H2,1-2H3,(H,29,31). The van der Waals surface area contributed by atoms with Gasteiger partial charge in [0.1, 0.15) is 0 Å². The van der Waals surface area contributed by atoms with Crippen LogP contribution in [0.3, 0.4) is 0 Å². The normalized spacial score (nSPS) is 10.7. The number of rotatable bonds is 15. The lowest BCUT2D eigenvalue weighted by atomic mass is 10.1. The Morgan fingerprint density at radius 2 is 1.34 bits per heavy atom. The highest BCUT2D eigenvalue weighted by Crippen LogP contribution is 2.18. The molecule has 0 atom stereocenters.